The Kier molecular flexibility index (Phi) is 1.92. The summed E-state index contributed by atoms with van der Waals surface area (Å²) in [5, 5.41) is 0. The summed E-state index contributed by atoms with van der Waals surface area (Å²) in [7, 11) is 0. The van der Waals surface area contributed by atoms with Gasteiger partial charge in [0.25, 0.3) is 0 Å². The molecule has 3 nitrogen and oxygen atoms in total. The van der Waals surface area contributed by atoms with E-state index in [2.05, 4.69) is 4.98 Å². The molecular formula is C10H7NO2. The van der Waals surface area contributed by atoms with Crippen molar-refractivity contribution in [2.24, 2.45) is 0 Å². The zero-order valence-electron chi connectivity index (χ0n) is 6.81. The molecule has 2 aromatic heterocycles. The van der Waals surface area contributed by atoms with Crippen LogP contribution in [0.3, 0.4) is 0 Å². The molecule has 0 aliphatic carbocycles. The van der Waals surface area contributed by atoms with Gasteiger partial charge in [-0.1, -0.05) is 0 Å². The summed E-state index contributed by atoms with van der Waals surface area (Å²) in [6.07, 6.45) is 4.70. The fourth-order valence-electron chi connectivity index (χ4n) is 1.05. The van der Waals surface area contributed by atoms with Crippen LogP contribution in [0.25, 0.3) is 11.3 Å². The molecule has 0 saturated carbocycles. The quantitative estimate of drug-likeness (QED) is 0.659. The largest absolute Gasteiger partial charge is 0.464 e. The first-order chi connectivity index (χ1) is 6.36. The molecule has 0 radical (unpaired) electrons. The average Bonchev–Trinajstić information content (AvgIpc) is 2.19. The van der Waals surface area contributed by atoms with Gasteiger partial charge in [-0.05, 0) is 12.1 Å². The molecule has 0 aliphatic heterocycles. The topological polar surface area (TPSA) is 43.1 Å². The van der Waals surface area contributed by atoms with Crippen molar-refractivity contribution in [1.82, 2.24) is 4.98 Å². The maximum Gasteiger partial charge on any atom is 0.185 e. The first-order valence-electron chi connectivity index (χ1n) is 3.85. The van der Waals surface area contributed by atoms with E-state index < -0.39 is 0 Å². The molecule has 64 valence electrons. The number of hydrogen-bond acceptors (Lipinski definition) is 3. The highest BCUT2D eigenvalue weighted by Crippen LogP contribution is 2.14. The van der Waals surface area contributed by atoms with Crippen molar-refractivity contribution in [3.8, 4) is 11.3 Å². The number of hydrogen-bond donors (Lipinski definition) is 0. The van der Waals surface area contributed by atoms with E-state index in [1.807, 2.05) is 6.07 Å². The molecule has 2 aromatic rings. The SMILES string of the molecule is O=c1ccoc(-c2cccnc2)c1. The van der Waals surface area contributed by atoms with E-state index in [1.54, 1.807) is 18.5 Å². The molecule has 0 N–H and O–H groups in total. The second-order valence-corrected chi connectivity index (χ2v) is 2.57. The molecule has 0 aliphatic rings. The summed E-state index contributed by atoms with van der Waals surface area (Å²) in [6, 6.07) is 6.45. The van der Waals surface area contributed by atoms with Gasteiger partial charge in [0.2, 0.25) is 0 Å². The summed E-state index contributed by atoms with van der Waals surface area (Å²) in [4.78, 5) is 14.9. The monoisotopic (exact) mass is 173 g/mol. The van der Waals surface area contributed by atoms with Crippen molar-refractivity contribution in [2.45, 2.75) is 0 Å². The smallest absolute Gasteiger partial charge is 0.185 e. The Morgan fingerprint density at radius 2 is 2.23 bits per heavy atom. The molecule has 13 heavy (non-hydrogen) atoms. The van der Waals surface area contributed by atoms with Gasteiger partial charge in [0.05, 0.1) is 6.26 Å². The van der Waals surface area contributed by atoms with Crippen molar-refractivity contribution in [2.75, 3.05) is 0 Å². The van der Waals surface area contributed by atoms with Crippen molar-refractivity contribution in [3.05, 3.63) is 53.1 Å². The number of rotatable bonds is 1. The Morgan fingerprint density at radius 3 is 2.92 bits per heavy atom. The van der Waals surface area contributed by atoms with E-state index in [4.69, 9.17) is 4.42 Å². The van der Waals surface area contributed by atoms with Gasteiger partial charge < -0.3 is 4.42 Å². The lowest BCUT2D eigenvalue weighted by Crippen LogP contribution is -1.95. The zero-order chi connectivity index (χ0) is 9.10. The molecule has 2 rings (SSSR count). The van der Waals surface area contributed by atoms with E-state index in [0.29, 0.717) is 5.76 Å². The van der Waals surface area contributed by atoms with E-state index in [-0.39, 0.29) is 5.43 Å². The minimum absolute atomic E-state index is 0.0647. The van der Waals surface area contributed by atoms with Crippen LogP contribution in [0.4, 0.5) is 0 Å². The molecule has 0 aromatic carbocycles. The fraction of sp³-hybridized carbons (Fsp3) is 0. The van der Waals surface area contributed by atoms with Crippen LogP contribution in [0.1, 0.15) is 0 Å². The Bertz CT molecular complexity index is 448. The molecule has 0 fully saturated rings. The van der Waals surface area contributed by atoms with E-state index >= 15 is 0 Å². The van der Waals surface area contributed by atoms with Gasteiger partial charge in [-0.25, -0.2) is 0 Å². The average molecular weight is 173 g/mol. The Labute approximate surface area is 74.7 Å². The third-order valence-corrected chi connectivity index (χ3v) is 1.65. The summed E-state index contributed by atoms with van der Waals surface area (Å²) in [5.41, 5.74) is 0.741. The minimum atomic E-state index is -0.0647. The first-order valence-corrected chi connectivity index (χ1v) is 3.85. The van der Waals surface area contributed by atoms with Crippen molar-refractivity contribution in [1.29, 1.82) is 0 Å². The molecule has 0 spiro atoms. The minimum Gasteiger partial charge on any atom is -0.464 e. The standard InChI is InChI=1S/C10H7NO2/c12-9-3-5-13-10(6-9)8-2-1-4-11-7-8/h1-7H. The molecule has 0 bridgehead atoms. The molecule has 0 unspecified atom stereocenters. The van der Waals surface area contributed by atoms with Gasteiger partial charge in [0, 0.05) is 30.1 Å². The third kappa shape index (κ3) is 1.64. The lowest BCUT2D eigenvalue weighted by atomic mass is 10.2. The highest BCUT2D eigenvalue weighted by molar-refractivity contribution is 5.54. The van der Waals surface area contributed by atoms with Crippen LogP contribution in [0, 0.1) is 0 Å². The lowest BCUT2D eigenvalue weighted by Gasteiger charge is -1.96. The highest BCUT2D eigenvalue weighted by atomic mass is 16.3. The predicted octanol–water partition coefficient (Wildman–Crippen LogP) is 1.70. The summed E-state index contributed by atoms with van der Waals surface area (Å²) >= 11 is 0. The molecule has 2 heterocycles. The Morgan fingerprint density at radius 1 is 1.31 bits per heavy atom. The van der Waals surface area contributed by atoms with Crippen molar-refractivity contribution >= 4 is 0 Å². The molecule has 0 atom stereocenters. The van der Waals surface area contributed by atoms with Crippen LogP contribution in [-0.4, -0.2) is 4.98 Å². The number of aromatic nitrogens is 1. The van der Waals surface area contributed by atoms with Gasteiger partial charge in [-0.3, -0.25) is 9.78 Å². The summed E-state index contributed by atoms with van der Waals surface area (Å²) in [6.45, 7) is 0. The van der Waals surface area contributed by atoms with Gasteiger partial charge >= 0.3 is 0 Å². The van der Waals surface area contributed by atoms with Crippen LogP contribution in [0.15, 0.2) is 52.1 Å². The summed E-state index contributed by atoms with van der Waals surface area (Å²) in [5.74, 6) is 0.542. The van der Waals surface area contributed by atoms with Crippen LogP contribution in [-0.2, 0) is 0 Å². The highest BCUT2D eigenvalue weighted by Gasteiger charge is 1.98. The molecule has 0 saturated heterocycles. The molecule has 0 amide bonds. The van der Waals surface area contributed by atoms with Gasteiger partial charge in [0.1, 0.15) is 5.76 Å². The van der Waals surface area contributed by atoms with E-state index in [9.17, 15) is 4.79 Å². The van der Waals surface area contributed by atoms with Crippen LogP contribution in [0.5, 0.6) is 0 Å². The van der Waals surface area contributed by atoms with Crippen molar-refractivity contribution in [3.63, 3.8) is 0 Å². The van der Waals surface area contributed by atoms with Crippen LogP contribution < -0.4 is 5.43 Å². The van der Waals surface area contributed by atoms with Gasteiger partial charge in [-0.15, -0.1) is 0 Å². The van der Waals surface area contributed by atoms with Gasteiger partial charge in [-0.2, -0.15) is 0 Å². The summed E-state index contributed by atoms with van der Waals surface area (Å²) < 4.78 is 5.15. The van der Waals surface area contributed by atoms with Crippen LogP contribution >= 0.6 is 0 Å². The fourth-order valence-corrected chi connectivity index (χ4v) is 1.05. The Hall–Kier alpha value is -1.90. The normalized spacial score (nSPS) is 9.85. The number of pyridine rings is 1. The predicted molar refractivity (Wildman–Crippen MR) is 48.2 cm³/mol. The molecular weight excluding hydrogens is 166 g/mol. The van der Waals surface area contributed by atoms with Crippen molar-refractivity contribution < 1.29 is 4.42 Å². The molecule has 3 heteroatoms. The van der Waals surface area contributed by atoms with Crippen LogP contribution in [0.2, 0.25) is 0 Å². The third-order valence-electron chi connectivity index (χ3n) is 1.65. The Balaban J connectivity index is 2.54. The lowest BCUT2D eigenvalue weighted by molar-refractivity contribution is 0.564. The second-order valence-electron chi connectivity index (χ2n) is 2.57. The zero-order valence-corrected chi connectivity index (χ0v) is 6.81. The maximum atomic E-state index is 11.0. The second kappa shape index (κ2) is 3.23. The number of nitrogens with zero attached hydrogens (tertiary/aromatic N) is 1. The maximum absolute atomic E-state index is 11.0. The van der Waals surface area contributed by atoms with E-state index in [0.717, 1.165) is 5.56 Å². The van der Waals surface area contributed by atoms with Gasteiger partial charge in [0.15, 0.2) is 5.43 Å². The van der Waals surface area contributed by atoms with E-state index in [1.165, 1.54) is 18.4 Å². The first kappa shape index (κ1) is 7.73.